The van der Waals surface area contributed by atoms with Gasteiger partial charge in [-0.05, 0) is 72.7 Å². The number of nitrogens with zero attached hydrogens (tertiary/aromatic N) is 4. The quantitative estimate of drug-likeness (QED) is 0.178. The average molecular weight is 809 g/mol. The normalized spacial score (nSPS) is 11.9. The highest BCUT2D eigenvalue weighted by molar-refractivity contribution is 7.15. The van der Waals surface area contributed by atoms with Gasteiger partial charge in [-0.3, -0.25) is 18.4 Å². The highest BCUT2D eigenvalue weighted by atomic mass is 35.5. The largest absolute Gasteiger partial charge is 0.502 e. The van der Waals surface area contributed by atoms with Gasteiger partial charge < -0.3 is 29.2 Å². The lowest BCUT2D eigenvalue weighted by Gasteiger charge is -2.09. The third kappa shape index (κ3) is 7.49. The van der Waals surface area contributed by atoms with Crippen LogP contribution in [0.3, 0.4) is 0 Å². The fraction of sp³-hybridized carbons (Fsp3) is 0.122. The van der Waals surface area contributed by atoms with Crippen LogP contribution in [0.5, 0.6) is 34.5 Å². The van der Waals surface area contributed by atoms with E-state index in [1.54, 1.807) is 65.3 Å². The molecule has 0 spiro atoms. The molecular formula is C41H33ClN4O8S2. The number of ether oxygens (including phenoxy) is 4. The van der Waals surface area contributed by atoms with Gasteiger partial charge in [0.2, 0.25) is 11.5 Å². The predicted molar refractivity (Wildman–Crippen MR) is 219 cm³/mol. The SMILES string of the molecule is COc1cc(/C=c2\sc3nc(-c4cccc(C)c4)cn3c2=O)cc(OC)c1O.COc1cc(/C=c2\sc3nc(-c4cccc(Cl)c4)cn3c2=O)cc(OC)c1O. The lowest BCUT2D eigenvalue weighted by Crippen LogP contribution is -2.22. The molecule has 284 valence electrons. The van der Waals surface area contributed by atoms with Crippen molar-refractivity contribution in [3.8, 4) is 57.0 Å². The number of aromatic hydroxyl groups is 2. The van der Waals surface area contributed by atoms with Crippen LogP contribution in [0, 0.1) is 6.92 Å². The molecule has 4 heterocycles. The van der Waals surface area contributed by atoms with Crippen molar-refractivity contribution in [1.29, 1.82) is 0 Å². The first-order chi connectivity index (χ1) is 27.0. The molecule has 15 heteroatoms. The lowest BCUT2D eigenvalue weighted by molar-refractivity contribution is 0.340. The number of hydrogen-bond acceptors (Lipinski definition) is 12. The molecule has 0 atom stereocenters. The number of aryl methyl sites for hydroxylation is 1. The van der Waals surface area contributed by atoms with E-state index in [4.69, 9.17) is 30.5 Å². The summed E-state index contributed by atoms with van der Waals surface area (Å²) >= 11 is 8.62. The van der Waals surface area contributed by atoms with E-state index >= 15 is 0 Å². The van der Waals surface area contributed by atoms with Gasteiger partial charge in [-0.25, -0.2) is 9.97 Å². The number of hydrogen-bond donors (Lipinski definition) is 2. The van der Waals surface area contributed by atoms with Gasteiger partial charge >= 0.3 is 0 Å². The van der Waals surface area contributed by atoms with Crippen LogP contribution >= 0.6 is 34.3 Å². The summed E-state index contributed by atoms with van der Waals surface area (Å²) in [6.07, 6.45) is 6.91. The zero-order valence-electron chi connectivity index (χ0n) is 30.6. The summed E-state index contributed by atoms with van der Waals surface area (Å²) in [4.78, 5) is 36.0. The maximum absolute atomic E-state index is 12.8. The summed E-state index contributed by atoms with van der Waals surface area (Å²) < 4.78 is 24.8. The number of methoxy groups -OCH3 is 4. The molecule has 0 aliphatic heterocycles. The van der Waals surface area contributed by atoms with E-state index in [2.05, 4.69) is 9.97 Å². The third-order valence-corrected chi connectivity index (χ3v) is 10.8. The smallest absolute Gasteiger partial charge is 0.274 e. The summed E-state index contributed by atoms with van der Waals surface area (Å²) in [5.41, 5.74) is 5.46. The second-order valence-corrected chi connectivity index (χ2v) is 14.8. The Bertz CT molecular complexity index is 2740. The van der Waals surface area contributed by atoms with E-state index in [0.29, 0.717) is 40.8 Å². The number of rotatable bonds is 8. The third-order valence-electron chi connectivity index (χ3n) is 8.64. The zero-order chi connectivity index (χ0) is 39.7. The van der Waals surface area contributed by atoms with Crippen molar-refractivity contribution < 1.29 is 29.2 Å². The van der Waals surface area contributed by atoms with Crippen molar-refractivity contribution >= 4 is 56.3 Å². The van der Waals surface area contributed by atoms with Crippen molar-refractivity contribution in [2.75, 3.05) is 28.4 Å². The molecule has 12 nitrogen and oxygen atoms in total. The van der Waals surface area contributed by atoms with Crippen molar-refractivity contribution in [1.82, 2.24) is 18.8 Å². The van der Waals surface area contributed by atoms with Crippen LogP contribution < -0.4 is 39.1 Å². The summed E-state index contributed by atoms with van der Waals surface area (Å²) in [7, 11) is 5.83. The Hall–Kier alpha value is -6.35. The monoisotopic (exact) mass is 808 g/mol. The van der Waals surface area contributed by atoms with Gasteiger partial charge in [0.1, 0.15) is 0 Å². The van der Waals surface area contributed by atoms with Gasteiger partial charge in [-0.2, -0.15) is 0 Å². The number of phenols is 2. The van der Waals surface area contributed by atoms with Crippen LogP contribution in [0.2, 0.25) is 5.02 Å². The number of thiazole rings is 2. The molecular weight excluding hydrogens is 776 g/mol. The van der Waals surface area contributed by atoms with Crippen molar-refractivity contribution in [3.63, 3.8) is 0 Å². The molecule has 4 aromatic carbocycles. The second kappa shape index (κ2) is 15.8. The highest BCUT2D eigenvalue weighted by Gasteiger charge is 2.15. The Morgan fingerprint density at radius 3 is 1.41 bits per heavy atom. The van der Waals surface area contributed by atoms with E-state index in [1.165, 1.54) is 55.5 Å². The molecule has 0 saturated carbocycles. The van der Waals surface area contributed by atoms with Crippen LogP contribution in [0.15, 0.2) is 94.8 Å². The Morgan fingerprint density at radius 1 is 0.625 bits per heavy atom. The Kier molecular flexibility index (Phi) is 10.7. The molecule has 0 unspecified atom stereocenters. The number of fused-ring (bicyclic) bond motifs is 2. The van der Waals surface area contributed by atoms with Gasteiger partial charge in [-0.1, -0.05) is 70.2 Å². The topological polar surface area (TPSA) is 146 Å². The summed E-state index contributed by atoms with van der Waals surface area (Å²) in [6, 6.07) is 21.9. The molecule has 2 N–H and O–H groups in total. The number of imidazole rings is 2. The van der Waals surface area contributed by atoms with E-state index < -0.39 is 0 Å². The molecule has 0 aliphatic rings. The fourth-order valence-corrected chi connectivity index (χ4v) is 7.99. The molecule has 0 saturated heterocycles. The molecule has 56 heavy (non-hydrogen) atoms. The first kappa shape index (κ1) is 37.9. The van der Waals surface area contributed by atoms with Crippen molar-refractivity contribution in [3.05, 3.63) is 137 Å². The van der Waals surface area contributed by atoms with E-state index in [1.807, 2.05) is 43.3 Å². The molecule has 0 aliphatic carbocycles. The summed E-state index contributed by atoms with van der Waals surface area (Å²) in [5.74, 6) is 0.928. The number of halogens is 1. The molecule has 8 aromatic rings. The predicted octanol–water partition coefficient (Wildman–Crippen LogP) is 6.35. The van der Waals surface area contributed by atoms with Gasteiger partial charge in [0.05, 0.1) is 48.9 Å². The Labute approximate surface area is 332 Å². The fourth-order valence-electron chi connectivity index (χ4n) is 5.89. The minimum atomic E-state index is -0.174. The number of phenolic OH excluding ortho intramolecular Hbond substituents is 2. The molecule has 0 radical (unpaired) electrons. The molecule has 8 rings (SSSR count). The highest BCUT2D eigenvalue weighted by Crippen LogP contribution is 2.38. The number of aromatic nitrogens is 4. The first-order valence-electron chi connectivity index (χ1n) is 16.8. The molecule has 0 amide bonds. The van der Waals surface area contributed by atoms with Crippen molar-refractivity contribution in [2.24, 2.45) is 0 Å². The summed E-state index contributed by atoms with van der Waals surface area (Å²) in [6.45, 7) is 2.02. The maximum Gasteiger partial charge on any atom is 0.274 e. The van der Waals surface area contributed by atoms with Gasteiger partial charge in [0.15, 0.2) is 32.9 Å². The van der Waals surface area contributed by atoms with Gasteiger partial charge in [0, 0.05) is 28.5 Å². The molecule has 0 bridgehead atoms. The van der Waals surface area contributed by atoms with Crippen LogP contribution in [-0.4, -0.2) is 57.4 Å². The Balaban J connectivity index is 0.000000172. The van der Waals surface area contributed by atoms with Gasteiger partial charge in [-0.15, -0.1) is 0 Å². The minimum absolute atomic E-state index is 0.0757. The van der Waals surface area contributed by atoms with Crippen LogP contribution in [-0.2, 0) is 0 Å². The minimum Gasteiger partial charge on any atom is -0.502 e. The van der Waals surface area contributed by atoms with Crippen LogP contribution in [0.4, 0.5) is 0 Å². The first-order valence-corrected chi connectivity index (χ1v) is 18.8. The maximum atomic E-state index is 12.8. The van der Waals surface area contributed by atoms with Crippen molar-refractivity contribution in [2.45, 2.75) is 6.92 Å². The van der Waals surface area contributed by atoms with Crippen LogP contribution in [0.1, 0.15) is 16.7 Å². The van der Waals surface area contributed by atoms with E-state index in [0.717, 1.165) is 22.4 Å². The van der Waals surface area contributed by atoms with E-state index in [-0.39, 0.29) is 45.6 Å². The Morgan fingerprint density at radius 2 is 1.04 bits per heavy atom. The molecule has 4 aromatic heterocycles. The average Bonchev–Trinajstić information content (AvgIpc) is 3.95. The van der Waals surface area contributed by atoms with Crippen LogP contribution in [0.25, 0.3) is 44.6 Å². The number of benzene rings is 4. The second-order valence-electron chi connectivity index (χ2n) is 12.3. The standard InChI is InChI=1S/C21H18N2O4S.C20H15ClN2O4S/c1-12-5-4-6-14(7-12)15-11-23-20(25)18(28-21(23)22-15)10-13-8-16(26-2)19(24)17(9-13)27-3;1-26-15-6-11(7-16(27-2)18(15)24)8-17-19(25)23-10-14(22-20(23)28-17)12-4-3-5-13(21)9-12/h4-11,24H,1-3H3;3-10,24H,1-2H3/b18-10-;17-8-. The lowest BCUT2D eigenvalue weighted by atomic mass is 10.1. The zero-order valence-corrected chi connectivity index (χ0v) is 33.0. The van der Waals surface area contributed by atoms with E-state index in [9.17, 15) is 19.8 Å². The molecule has 0 fully saturated rings. The summed E-state index contributed by atoms with van der Waals surface area (Å²) in [5, 5.41) is 20.7. The van der Waals surface area contributed by atoms with Gasteiger partial charge in [0.25, 0.3) is 11.1 Å².